The summed E-state index contributed by atoms with van der Waals surface area (Å²) in [5.41, 5.74) is 1.60. The molecule has 2 aromatic rings. The molecule has 0 aliphatic carbocycles. The Bertz CT molecular complexity index is 666. The SMILES string of the molecule is C=CCNC(=O)C(=O)Nc1ccc(OCc2ccccc2)cc1. The smallest absolute Gasteiger partial charge is 0.313 e. The lowest BCUT2D eigenvalue weighted by molar-refractivity contribution is -0.136. The van der Waals surface area contributed by atoms with E-state index in [9.17, 15) is 9.59 Å². The van der Waals surface area contributed by atoms with Gasteiger partial charge in [0.2, 0.25) is 0 Å². The van der Waals surface area contributed by atoms with E-state index in [0.717, 1.165) is 5.56 Å². The monoisotopic (exact) mass is 310 g/mol. The molecule has 0 spiro atoms. The highest BCUT2D eigenvalue weighted by molar-refractivity contribution is 6.39. The molecule has 0 heterocycles. The minimum Gasteiger partial charge on any atom is -0.489 e. The van der Waals surface area contributed by atoms with Gasteiger partial charge in [0.15, 0.2) is 0 Å². The summed E-state index contributed by atoms with van der Waals surface area (Å²) in [6, 6.07) is 16.7. The highest BCUT2D eigenvalue weighted by Gasteiger charge is 2.12. The summed E-state index contributed by atoms with van der Waals surface area (Å²) in [6.45, 7) is 4.18. The van der Waals surface area contributed by atoms with E-state index in [2.05, 4.69) is 17.2 Å². The van der Waals surface area contributed by atoms with E-state index >= 15 is 0 Å². The van der Waals surface area contributed by atoms with Gasteiger partial charge < -0.3 is 15.4 Å². The summed E-state index contributed by atoms with van der Waals surface area (Å²) in [6.07, 6.45) is 1.50. The van der Waals surface area contributed by atoms with Gasteiger partial charge >= 0.3 is 11.8 Å². The Balaban J connectivity index is 1.85. The van der Waals surface area contributed by atoms with Crippen LogP contribution in [0.2, 0.25) is 0 Å². The average Bonchev–Trinajstić information content (AvgIpc) is 2.60. The summed E-state index contributed by atoms with van der Waals surface area (Å²) >= 11 is 0. The molecule has 0 saturated heterocycles. The molecular formula is C18H18N2O3. The van der Waals surface area contributed by atoms with Crippen LogP contribution >= 0.6 is 0 Å². The molecule has 2 N–H and O–H groups in total. The van der Waals surface area contributed by atoms with Crippen LogP contribution in [0.1, 0.15) is 5.56 Å². The van der Waals surface area contributed by atoms with Crippen LogP contribution in [0.25, 0.3) is 0 Å². The second-order valence-corrected chi connectivity index (χ2v) is 4.75. The third-order valence-corrected chi connectivity index (χ3v) is 2.97. The highest BCUT2D eigenvalue weighted by atomic mass is 16.5. The van der Waals surface area contributed by atoms with E-state index in [1.165, 1.54) is 6.08 Å². The molecule has 0 fully saturated rings. The van der Waals surface area contributed by atoms with Gasteiger partial charge in [0.25, 0.3) is 0 Å². The van der Waals surface area contributed by atoms with Crippen LogP contribution in [0.15, 0.2) is 67.3 Å². The van der Waals surface area contributed by atoms with Crippen molar-refractivity contribution in [3.63, 3.8) is 0 Å². The molecule has 0 radical (unpaired) electrons. The summed E-state index contributed by atoms with van der Waals surface area (Å²) < 4.78 is 5.65. The predicted molar refractivity (Wildman–Crippen MR) is 89.1 cm³/mol. The highest BCUT2D eigenvalue weighted by Crippen LogP contribution is 2.17. The minimum atomic E-state index is -0.718. The molecule has 0 aliphatic rings. The van der Waals surface area contributed by atoms with Crippen molar-refractivity contribution in [3.05, 3.63) is 72.8 Å². The normalized spacial score (nSPS) is 9.74. The molecule has 0 unspecified atom stereocenters. The molecule has 0 aliphatic heterocycles. The zero-order chi connectivity index (χ0) is 16.5. The Morgan fingerprint density at radius 2 is 1.70 bits per heavy atom. The number of nitrogens with one attached hydrogen (secondary N) is 2. The molecule has 2 aromatic carbocycles. The zero-order valence-corrected chi connectivity index (χ0v) is 12.6. The van der Waals surface area contributed by atoms with Crippen LogP contribution < -0.4 is 15.4 Å². The summed E-state index contributed by atoms with van der Waals surface area (Å²) in [7, 11) is 0. The Labute approximate surface area is 135 Å². The number of ether oxygens (including phenoxy) is 1. The molecular weight excluding hydrogens is 292 g/mol. The molecule has 0 aromatic heterocycles. The van der Waals surface area contributed by atoms with E-state index < -0.39 is 11.8 Å². The Hall–Kier alpha value is -3.08. The Morgan fingerprint density at radius 1 is 1.00 bits per heavy atom. The van der Waals surface area contributed by atoms with Gasteiger partial charge in [-0.05, 0) is 29.8 Å². The predicted octanol–water partition coefficient (Wildman–Crippen LogP) is 2.51. The molecule has 118 valence electrons. The van der Waals surface area contributed by atoms with Crippen molar-refractivity contribution >= 4 is 17.5 Å². The number of hydrogen-bond donors (Lipinski definition) is 2. The first kappa shape index (κ1) is 16.3. The fourth-order valence-corrected chi connectivity index (χ4v) is 1.81. The maximum atomic E-state index is 11.6. The van der Waals surface area contributed by atoms with Crippen LogP contribution in [0.4, 0.5) is 5.69 Å². The Kier molecular flexibility index (Phi) is 5.94. The lowest BCUT2D eigenvalue weighted by atomic mass is 10.2. The summed E-state index contributed by atoms with van der Waals surface area (Å²) in [5, 5.41) is 4.92. The van der Waals surface area contributed by atoms with Crippen molar-refractivity contribution < 1.29 is 14.3 Å². The van der Waals surface area contributed by atoms with Crippen LogP contribution in [0.5, 0.6) is 5.75 Å². The van der Waals surface area contributed by atoms with Gasteiger partial charge in [0.1, 0.15) is 12.4 Å². The van der Waals surface area contributed by atoms with Crippen LogP contribution in [0.3, 0.4) is 0 Å². The minimum absolute atomic E-state index is 0.249. The third kappa shape index (κ3) is 5.32. The number of benzene rings is 2. The molecule has 5 heteroatoms. The second kappa shape index (κ2) is 8.38. The van der Waals surface area contributed by atoms with Crippen LogP contribution in [-0.2, 0) is 16.2 Å². The van der Waals surface area contributed by atoms with Gasteiger partial charge in [-0.1, -0.05) is 36.4 Å². The van der Waals surface area contributed by atoms with E-state index in [-0.39, 0.29) is 6.54 Å². The number of carbonyl (C=O) groups excluding carboxylic acids is 2. The largest absolute Gasteiger partial charge is 0.489 e. The standard InChI is InChI=1S/C18H18N2O3/c1-2-12-19-17(21)18(22)20-15-8-10-16(11-9-15)23-13-14-6-4-3-5-7-14/h2-11H,1,12-13H2,(H,19,21)(H,20,22). The number of anilines is 1. The maximum Gasteiger partial charge on any atom is 0.313 e. The van der Waals surface area contributed by atoms with E-state index in [1.807, 2.05) is 30.3 Å². The second-order valence-electron chi connectivity index (χ2n) is 4.75. The maximum absolute atomic E-state index is 11.6. The molecule has 5 nitrogen and oxygen atoms in total. The number of rotatable bonds is 6. The lowest BCUT2D eigenvalue weighted by Gasteiger charge is -2.08. The first-order valence-corrected chi connectivity index (χ1v) is 7.16. The first-order chi connectivity index (χ1) is 11.2. The van der Waals surface area contributed by atoms with Crippen molar-refractivity contribution in [3.8, 4) is 5.75 Å². The van der Waals surface area contributed by atoms with Gasteiger partial charge in [-0.25, -0.2) is 0 Å². The molecule has 2 rings (SSSR count). The van der Waals surface area contributed by atoms with Crippen molar-refractivity contribution in [2.24, 2.45) is 0 Å². The molecule has 0 bridgehead atoms. The molecule has 23 heavy (non-hydrogen) atoms. The zero-order valence-electron chi connectivity index (χ0n) is 12.6. The van der Waals surface area contributed by atoms with Gasteiger partial charge in [-0.15, -0.1) is 6.58 Å². The number of hydrogen-bond acceptors (Lipinski definition) is 3. The topological polar surface area (TPSA) is 67.4 Å². The number of amides is 2. The third-order valence-electron chi connectivity index (χ3n) is 2.97. The molecule has 2 amide bonds. The van der Waals surface area contributed by atoms with E-state index in [0.29, 0.717) is 18.0 Å². The van der Waals surface area contributed by atoms with Gasteiger partial charge in [0, 0.05) is 12.2 Å². The summed E-state index contributed by atoms with van der Waals surface area (Å²) in [5.74, 6) is -0.734. The van der Waals surface area contributed by atoms with Crippen LogP contribution in [-0.4, -0.2) is 18.4 Å². The van der Waals surface area contributed by atoms with Gasteiger partial charge in [-0.2, -0.15) is 0 Å². The number of carbonyl (C=O) groups is 2. The average molecular weight is 310 g/mol. The Morgan fingerprint density at radius 3 is 2.35 bits per heavy atom. The first-order valence-electron chi connectivity index (χ1n) is 7.16. The lowest BCUT2D eigenvalue weighted by Crippen LogP contribution is -2.35. The van der Waals surface area contributed by atoms with Crippen molar-refractivity contribution in [1.29, 1.82) is 0 Å². The van der Waals surface area contributed by atoms with Gasteiger partial charge in [-0.3, -0.25) is 9.59 Å². The molecule has 0 atom stereocenters. The fraction of sp³-hybridized carbons (Fsp3) is 0.111. The van der Waals surface area contributed by atoms with Crippen LogP contribution in [0, 0.1) is 0 Å². The van der Waals surface area contributed by atoms with E-state index in [1.54, 1.807) is 24.3 Å². The molecule has 0 saturated carbocycles. The van der Waals surface area contributed by atoms with E-state index in [4.69, 9.17) is 4.74 Å². The van der Waals surface area contributed by atoms with Crippen molar-refractivity contribution in [2.45, 2.75) is 6.61 Å². The fourth-order valence-electron chi connectivity index (χ4n) is 1.81. The van der Waals surface area contributed by atoms with Crippen molar-refractivity contribution in [2.75, 3.05) is 11.9 Å². The quantitative estimate of drug-likeness (QED) is 0.636. The van der Waals surface area contributed by atoms with Crippen molar-refractivity contribution in [1.82, 2.24) is 5.32 Å². The summed E-state index contributed by atoms with van der Waals surface area (Å²) in [4.78, 5) is 23.1. The van der Waals surface area contributed by atoms with Gasteiger partial charge in [0.05, 0.1) is 0 Å².